The topological polar surface area (TPSA) is 85.5 Å². The summed E-state index contributed by atoms with van der Waals surface area (Å²) in [6.45, 7) is 10.1. The van der Waals surface area contributed by atoms with Crippen LogP contribution in [-0.4, -0.2) is 33.5 Å². The molecule has 1 aromatic heterocycles. The standard InChI is InChI=1S/C15H23N3O4/c1-8(2)7-21-11(5)13-16-12(22-17-13)6-18-14(19)9(3)10(4)15(18)20/h8-11H,6-7H2,1-5H3. The van der Waals surface area contributed by atoms with Crippen molar-refractivity contribution in [1.82, 2.24) is 15.0 Å². The molecule has 7 nitrogen and oxygen atoms in total. The lowest BCUT2D eigenvalue weighted by Gasteiger charge is -2.11. The van der Waals surface area contributed by atoms with Gasteiger partial charge in [-0.3, -0.25) is 14.5 Å². The maximum atomic E-state index is 12.0. The molecule has 3 unspecified atom stereocenters. The van der Waals surface area contributed by atoms with Gasteiger partial charge < -0.3 is 9.26 Å². The number of carbonyl (C=O) groups is 2. The Labute approximate surface area is 130 Å². The predicted molar refractivity (Wildman–Crippen MR) is 77.4 cm³/mol. The summed E-state index contributed by atoms with van der Waals surface area (Å²) >= 11 is 0. The lowest BCUT2D eigenvalue weighted by Crippen LogP contribution is -2.30. The van der Waals surface area contributed by atoms with Gasteiger partial charge in [0.2, 0.25) is 17.7 Å². The highest BCUT2D eigenvalue weighted by molar-refractivity contribution is 6.04. The van der Waals surface area contributed by atoms with E-state index in [1.165, 1.54) is 4.90 Å². The summed E-state index contributed by atoms with van der Waals surface area (Å²) in [7, 11) is 0. The molecule has 2 rings (SSSR count). The van der Waals surface area contributed by atoms with E-state index in [0.717, 1.165) is 0 Å². The molecule has 0 radical (unpaired) electrons. The normalized spacial score (nSPS) is 23.6. The van der Waals surface area contributed by atoms with E-state index >= 15 is 0 Å². The fraction of sp³-hybridized carbons (Fsp3) is 0.733. The molecule has 0 saturated carbocycles. The van der Waals surface area contributed by atoms with Gasteiger partial charge >= 0.3 is 0 Å². The minimum Gasteiger partial charge on any atom is -0.370 e. The van der Waals surface area contributed by atoms with Gasteiger partial charge in [0.25, 0.3) is 0 Å². The molecule has 1 aromatic rings. The summed E-state index contributed by atoms with van der Waals surface area (Å²) in [4.78, 5) is 29.5. The number of imide groups is 1. The number of aromatic nitrogens is 2. The Morgan fingerprint density at radius 2 is 1.77 bits per heavy atom. The van der Waals surface area contributed by atoms with Crippen molar-refractivity contribution in [3.05, 3.63) is 11.7 Å². The first-order valence-electron chi connectivity index (χ1n) is 7.60. The van der Waals surface area contributed by atoms with Gasteiger partial charge in [0.05, 0.1) is 0 Å². The van der Waals surface area contributed by atoms with Gasteiger partial charge in [-0.2, -0.15) is 4.98 Å². The van der Waals surface area contributed by atoms with Crippen LogP contribution >= 0.6 is 0 Å². The van der Waals surface area contributed by atoms with Crippen LogP contribution in [0.4, 0.5) is 0 Å². The van der Waals surface area contributed by atoms with Crippen molar-refractivity contribution in [3.63, 3.8) is 0 Å². The van der Waals surface area contributed by atoms with Crippen molar-refractivity contribution in [2.45, 2.75) is 47.3 Å². The van der Waals surface area contributed by atoms with Crippen LogP contribution in [0.15, 0.2) is 4.52 Å². The number of rotatable bonds is 6. The Kier molecular flexibility index (Phi) is 4.95. The fourth-order valence-corrected chi connectivity index (χ4v) is 2.23. The SMILES string of the molecule is CC(C)COC(C)c1noc(CN2C(=O)C(C)C(C)C2=O)n1. The molecule has 0 spiro atoms. The van der Waals surface area contributed by atoms with Crippen LogP contribution in [0.5, 0.6) is 0 Å². The average molecular weight is 309 g/mol. The molecule has 1 saturated heterocycles. The predicted octanol–water partition coefficient (Wildman–Crippen LogP) is 1.94. The van der Waals surface area contributed by atoms with Gasteiger partial charge in [-0.25, -0.2) is 0 Å². The molecule has 0 bridgehead atoms. The Balaban J connectivity index is 2.00. The van der Waals surface area contributed by atoms with Crippen molar-refractivity contribution in [2.24, 2.45) is 17.8 Å². The van der Waals surface area contributed by atoms with E-state index in [9.17, 15) is 9.59 Å². The fourth-order valence-electron chi connectivity index (χ4n) is 2.23. The van der Waals surface area contributed by atoms with E-state index < -0.39 is 0 Å². The third kappa shape index (κ3) is 3.35. The molecule has 7 heteroatoms. The average Bonchev–Trinajstić information content (AvgIpc) is 3.01. The zero-order chi connectivity index (χ0) is 16.4. The number of hydrogen-bond donors (Lipinski definition) is 0. The summed E-state index contributed by atoms with van der Waals surface area (Å²) in [6.07, 6.45) is -0.289. The van der Waals surface area contributed by atoms with Crippen molar-refractivity contribution >= 4 is 11.8 Å². The molecule has 0 aliphatic carbocycles. The van der Waals surface area contributed by atoms with Gasteiger partial charge in [0.15, 0.2) is 5.82 Å². The van der Waals surface area contributed by atoms with Crippen LogP contribution in [0.2, 0.25) is 0 Å². The summed E-state index contributed by atoms with van der Waals surface area (Å²) in [6, 6.07) is 0. The highest BCUT2D eigenvalue weighted by Crippen LogP contribution is 2.26. The molecule has 0 N–H and O–H groups in total. The van der Waals surface area contributed by atoms with E-state index in [0.29, 0.717) is 18.3 Å². The van der Waals surface area contributed by atoms with Gasteiger partial charge in [0, 0.05) is 18.4 Å². The molecule has 2 heterocycles. The second-order valence-corrected chi connectivity index (χ2v) is 6.26. The maximum absolute atomic E-state index is 12.0. The van der Waals surface area contributed by atoms with E-state index in [2.05, 4.69) is 24.0 Å². The molecule has 3 atom stereocenters. The summed E-state index contributed by atoms with van der Waals surface area (Å²) in [5, 5.41) is 3.86. The quantitative estimate of drug-likeness (QED) is 0.747. The second-order valence-electron chi connectivity index (χ2n) is 6.26. The molecular weight excluding hydrogens is 286 g/mol. The van der Waals surface area contributed by atoms with Crippen LogP contribution in [0, 0.1) is 17.8 Å². The first-order valence-corrected chi connectivity index (χ1v) is 7.60. The first-order chi connectivity index (χ1) is 10.3. The number of likely N-dealkylation sites (tertiary alicyclic amines) is 1. The van der Waals surface area contributed by atoms with Crippen LogP contribution in [0.25, 0.3) is 0 Å². The minimum absolute atomic E-state index is 0.0241. The third-order valence-corrected chi connectivity index (χ3v) is 3.88. The molecule has 2 amide bonds. The third-order valence-electron chi connectivity index (χ3n) is 3.88. The van der Waals surface area contributed by atoms with Crippen LogP contribution in [0.3, 0.4) is 0 Å². The van der Waals surface area contributed by atoms with Crippen molar-refractivity contribution in [2.75, 3.05) is 6.61 Å². The van der Waals surface area contributed by atoms with Crippen molar-refractivity contribution in [3.8, 4) is 0 Å². The molecule has 0 aromatic carbocycles. The van der Waals surface area contributed by atoms with Crippen LogP contribution in [-0.2, 0) is 20.9 Å². The van der Waals surface area contributed by atoms with E-state index in [1.54, 1.807) is 13.8 Å². The number of amides is 2. The second kappa shape index (κ2) is 6.56. The zero-order valence-electron chi connectivity index (χ0n) is 13.7. The van der Waals surface area contributed by atoms with Crippen molar-refractivity contribution < 1.29 is 18.8 Å². The summed E-state index contributed by atoms with van der Waals surface area (Å²) in [5.74, 6) is 0.0968. The maximum Gasteiger partial charge on any atom is 0.246 e. The van der Waals surface area contributed by atoms with Crippen LogP contribution < -0.4 is 0 Å². The smallest absolute Gasteiger partial charge is 0.246 e. The monoisotopic (exact) mass is 309 g/mol. The molecule has 22 heavy (non-hydrogen) atoms. The molecular formula is C15H23N3O4. The molecule has 1 aliphatic heterocycles. The molecule has 1 fully saturated rings. The Morgan fingerprint density at radius 1 is 1.18 bits per heavy atom. The van der Waals surface area contributed by atoms with E-state index in [4.69, 9.17) is 9.26 Å². The summed E-state index contributed by atoms with van der Waals surface area (Å²) in [5.41, 5.74) is 0. The number of ether oxygens (including phenoxy) is 1. The Bertz CT molecular complexity index is 535. The highest BCUT2D eigenvalue weighted by Gasteiger charge is 2.42. The Hall–Kier alpha value is -1.76. The van der Waals surface area contributed by atoms with E-state index in [-0.39, 0.29) is 42.2 Å². The van der Waals surface area contributed by atoms with Gasteiger partial charge in [-0.05, 0) is 12.8 Å². The molecule has 1 aliphatic rings. The minimum atomic E-state index is -0.303. The van der Waals surface area contributed by atoms with Crippen LogP contribution in [0.1, 0.15) is 52.4 Å². The largest absolute Gasteiger partial charge is 0.370 e. The number of nitrogens with zero attached hydrogens (tertiary/aromatic N) is 3. The molecule has 122 valence electrons. The zero-order valence-corrected chi connectivity index (χ0v) is 13.7. The van der Waals surface area contributed by atoms with Crippen molar-refractivity contribution in [1.29, 1.82) is 0 Å². The van der Waals surface area contributed by atoms with Gasteiger partial charge in [-0.15, -0.1) is 0 Å². The van der Waals surface area contributed by atoms with Gasteiger partial charge in [-0.1, -0.05) is 32.9 Å². The highest BCUT2D eigenvalue weighted by atomic mass is 16.5. The summed E-state index contributed by atoms with van der Waals surface area (Å²) < 4.78 is 10.8. The number of hydrogen-bond acceptors (Lipinski definition) is 6. The lowest BCUT2D eigenvalue weighted by molar-refractivity contribution is -0.140. The van der Waals surface area contributed by atoms with E-state index in [1.807, 2.05) is 6.92 Å². The Morgan fingerprint density at radius 3 is 2.32 bits per heavy atom. The lowest BCUT2D eigenvalue weighted by atomic mass is 10.00. The number of carbonyl (C=O) groups excluding carboxylic acids is 2. The first kappa shape index (κ1) is 16.6. The van der Waals surface area contributed by atoms with Gasteiger partial charge in [0.1, 0.15) is 12.6 Å².